The Hall–Kier alpha value is -3.49. The van der Waals surface area contributed by atoms with Crippen molar-refractivity contribution >= 4 is 39.5 Å². The molecule has 0 aliphatic rings. The van der Waals surface area contributed by atoms with E-state index >= 15 is 0 Å². The number of nitrogens with one attached hydrogen (secondary N) is 1. The van der Waals surface area contributed by atoms with Crippen LogP contribution in [0.3, 0.4) is 0 Å². The van der Waals surface area contributed by atoms with Gasteiger partial charge >= 0.3 is 0 Å². The molecule has 3 aromatic heterocycles. The fourth-order valence-corrected chi connectivity index (χ4v) is 4.48. The third-order valence-corrected chi connectivity index (χ3v) is 6.25. The smallest absolute Gasteiger partial charge is 0.291 e. The zero-order valence-electron chi connectivity index (χ0n) is 17.3. The monoisotopic (exact) mass is 463 g/mol. The van der Waals surface area contributed by atoms with Crippen LogP contribution in [-0.4, -0.2) is 25.7 Å². The van der Waals surface area contributed by atoms with E-state index in [-0.39, 0.29) is 11.7 Å². The van der Waals surface area contributed by atoms with Crippen LogP contribution in [0.4, 0.5) is 5.69 Å². The molecule has 160 valence electrons. The number of aryl methyl sites for hydroxylation is 2. The lowest BCUT2D eigenvalue weighted by Gasteiger charge is -2.10. The molecule has 3 heterocycles. The molecule has 5 aromatic rings. The summed E-state index contributed by atoms with van der Waals surface area (Å²) in [6, 6.07) is 16.7. The first-order chi connectivity index (χ1) is 15.5. The molecule has 0 aliphatic carbocycles. The Labute approximate surface area is 192 Å². The Morgan fingerprint density at radius 2 is 2.00 bits per heavy atom. The summed E-state index contributed by atoms with van der Waals surface area (Å²) >= 11 is 7.51. The molecule has 0 fully saturated rings. The van der Waals surface area contributed by atoms with Crippen molar-refractivity contribution in [1.29, 1.82) is 0 Å². The number of nitrogens with zero attached hydrogens (tertiary/aromatic N) is 4. The van der Waals surface area contributed by atoms with Gasteiger partial charge in [-0.25, -0.2) is 0 Å². The van der Waals surface area contributed by atoms with E-state index in [2.05, 4.69) is 20.6 Å². The van der Waals surface area contributed by atoms with E-state index in [4.69, 9.17) is 16.0 Å². The number of hydrogen-bond donors (Lipinski definition) is 1. The van der Waals surface area contributed by atoms with Crippen molar-refractivity contribution in [3.05, 3.63) is 76.8 Å². The van der Waals surface area contributed by atoms with Crippen LogP contribution in [0.1, 0.15) is 28.9 Å². The molecule has 0 radical (unpaired) electrons. The average Bonchev–Trinajstić information content (AvgIpc) is 3.51. The van der Waals surface area contributed by atoms with Crippen molar-refractivity contribution in [3.8, 4) is 21.9 Å². The summed E-state index contributed by atoms with van der Waals surface area (Å²) in [5.41, 5.74) is 3.44. The second-order valence-corrected chi connectivity index (χ2v) is 8.60. The first-order valence-corrected chi connectivity index (χ1v) is 11.2. The van der Waals surface area contributed by atoms with Crippen molar-refractivity contribution in [2.24, 2.45) is 0 Å². The predicted octanol–water partition coefficient (Wildman–Crippen LogP) is 5.89. The van der Waals surface area contributed by atoms with Crippen LogP contribution >= 0.6 is 22.9 Å². The van der Waals surface area contributed by atoms with E-state index in [9.17, 15) is 4.79 Å². The number of carbonyl (C=O) groups is 1. The third-order valence-electron chi connectivity index (χ3n) is 5.07. The number of amides is 1. The maximum Gasteiger partial charge on any atom is 0.291 e. The zero-order valence-corrected chi connectivity index (χ0v) is 18.9. The Balaban J connectivity index is 1.43. The highest BCUT2D eigenvalue weighted by Gasteiger charge is 2.16. The first kappa shape index (κ1) is 20.4. The number of halogens is 1. The molecule has 2 aromatic carbocycles. The van der Waals surface area contributed by atoms with Crippen LogP contribution in [0.25, 0.3) is 26.9 Å². The molecule has 5 rings (SSSR count). The molecule has 32 heavy (non-hydrogen) atoms. The second kappa shape index (κ2) is 8.22. The molecule has 1 amide bonds. The molecule has 1 N–H and O–H groups in total. The fourth-order valence-electron chi connectivity index (χ4n) is 3.41. The van der Waals surface area contributed by atoms with Crippen LogP contribution in [0.2, 0.25) is 5.02 Å². The number of carbonyl (C=O) groups excluding carboxylic acids is 1. The lowest BCUT2D eigenvalue weighted by Crippen LogP contribution is -2.12. The maximum atomic E-state index is 12.9. The first-order valence-electron chi connectivity index (χ1n) is 10.0. The van der Waals surface area contributed by atoms with E-state index in [1.807, 2.05) is 44.2 Å². The van der Waals surface area contributed by atoms with Gasteiger partial charge in [0, 0.05) is 21.8 Å². The van der Waals surface area contributed by atoms with Gasteiger partial charge in [-0.15, -0.1) is 10.2 Å². The quantitative estimate of drug-likeness (QED) is 0.351. The van der Waals surface area contributed by atoms with E-state index in [0.717, 1.165) is 44.6 Å². The number of rotatable bonds is 5. The molecule has 0 saturated heterocycles. The number of hydrogen-bond acceptors (Lipinski definition) is 6. The minimum atomic E-state index is -0.320. The molecule has 0 atom stereocenters. The summed E-state index contributed by atoms with van der Waals surface area (Å²) in [4.78, 5) is 13.6. The molecule has 0 saturated carbocycles. The topological polar surface area (TPSA) is 85.3 Å². The average molecular weight is 464 g/mol. The molecule has 0 unspecified atom stereocenters. The number of aromatic nitrogens is 4. The molecule has 7 nitrogen and oxygen atoms in total. The van der Waals surface area contributed by atoms with Gasteiger partial charge in [-0.1, -0.05) is 54.1 Å². The van der Waals surface area contributed by atoms with Crippen LogP contribution < -0.4 is 5.32 Å². The van der Waals surface area contributed by atoms with Crippen LogP contribution in [0.5, 0.6) is 0 Å². The summed E-state index contributed by atoms with van der Waals surface area (Å²) in [7, 11) is 0. The van der Waals surface area contributed by atoms with Gasteiger partial charge < -0.3 is 9.73 Å². The molecular formula is C23H18ClN5O2S. The van der Waals surface area contributed by atoms with E-state index in [1.165, 1.54) is 11.3 Å². The van der Waals surface area contributed by atoms with Gasteiger partial charge in [0.2, 0.25) is 4.96 Å². The van der Waals surface area contributed by atoms with Crippen molar-refractivity contribution in [2.75, 3.05) is 5.32 Å². The fraction of sp³-hybridized carbons (Fsp3) is 0.130. The summed E-state index contributed by atoms with van der Waals surface area (Å²) in [5.74, 6) is 1.22. The van der Waals surface area contributed by atoms with E-state index < -0.39 is 0 Å². The number of fused-ring (bicyclic) bond motifs is 1. The Kier molecular flexibility index (Phi) is 5.24. The van der Waals surface area contributed by atoms with Crippen molar-refractivity contribution in [3.63, 3.8) is 0 Å². The predicted molar refractivity (Wildman–Crippen MR) is 125 cm³/mol. The van der Waals surface area contributed by atoms with E-state index in [1.54, 1.807) is 28.8 Å². The number of benzene rings is 2. The summed E-state index contributed by atoms with van der Waals surface area (Å²) in [5, 5.41) is 17.1. The van der Waals surface area contributed by atoms with Gasteiger partial charge in [0.15, 0.2) is 11.6 Å². The normalized spacial score (nSPS) is 11.2. The third kappa shape index (κ3) is 3.79. The highest BCUT2D eigenvalue weighted by Crippen LogP contribution is 2.30. The molecular weight excluding hydrogens is 446 g/mol. The SMILES string of the molecule is CCc1ccc(-c2nn3c(C)nnc3s2)cc1NC(=O)c1ccc(-c2cccc(Cl)c2)o1. The summed E-state index contributed by atoms with van der Waals surface area (Å²) in [6.45, 7) is 3.90. The number of furan rings is 1. The van der Waals surface area contributed by atoms with Gasteiger partial charge in [0.1, 0.15) is 10.8 Å². The van der Waals surface area contributed by atoms with Crippen molar-refractivity contribution in [1.82, 2.24) is 19.8 Å². The summed E-state index contributed by atoms with van der Waals surface area (Å²) < 4.78 is 7.50. The van der Waals surface area contributed by atoms with Gasteiger partial charge in [0.25, 0.3) is 5.91 Å². The minimum absolute atomic E-state index is 0.224. The lowest BCUT2D eigenvalue weighted by molar-refractivity contribution is 0.0997. The van der Waals surface area contributed by atoms with Crippen molar-refractivity contribution < 1.29 is 9.21 Å². The van der Waals surface area contributed by atoms with E-state index in [0.29, 0.717) is 10.8 Å². The van der Waals surface area contributed by atoms with Crippen LogP contribution in [0.15, 0.2) is 59.0 Å². The second-order valence-electron chi connectivity index (χ2n) is 7.20. The van der Waals surface area contributed by atoms with Crippen molar-refractivity contribution in [2.45, 2.75) is 20.3 Å². The minimum Gasteiger partial charge on any atom is -0.451 e. The molecule has 0 aliphatic heterocycles. The molecule has 0 bridgehead atoms. The Morgan fingerprint density at radius 3 is 2.78 bits per heavy atom. The highest BCUT2D eigenvalue weighted by atomic mass is 35.5. The zero-order chi connectivity index (χ0) is 22.2. The Bertz CT molecular complexity index is 1450. The summed E-state index contributed by atoms with van der Waals surface area (Å²) in [6.07, 6.45) is 0.770. The van der Waals surface area contributed by atoms with Gasteiger partial charge in [-0.3, -0.25) is 4.79 Å². The van der Waals surface area contributed by atoms with Gasteiger partial charge in [-0.05, 0) is 49.2 Å². The molecule has 9 heteroatoms. The number of anilines is 1. The highest BCUT2D eigenvalue weighted by molar-refractivity contribution is 7.19. The maximum absolute atomic E-state index is 12.9. The van der Waals surface area contributed by atoms with Gasteiger partial charge in [0.05, 0.1) is 0 Å². The van der Waals surface area contributed by atoms with Gasteiger partial charge in [-0.2, -0.15) is 9.61 Å². The van der Waals surface area contributed by atoms with Crippen LogP contribution in [0, 0.1) is 6.92 Å². The molecule has 0 spiro atoms. The largest absolute Gasteiger partial charge is 0.451 e. The Morgan fingerprint density at radius 1 is 1.12 bits per heavy atom. The lowest BCUT2D eigenvalue weighted by atomic mass is 10.1. The van der Waals surface area contributed by atoms with Crippen LogP contribution in [-0.2, 0) is 6.42 Å². The standard InChI is InChI=1S/C23H18ClN5O2S/c1-3-14-7-8-16(22-28-29-13(2)26-27-23(29)32-22)12-18(14)25-21(30)20-10-9-19(31-20)15-5-4-6-17(24)11-15/h4-12H,3H2,1-2H3,(H,25,30).